The first kappa shape index (κ1) is 8.51. The maximum Gasteiger partial charge on any atom is 0.0129 e. The van der Waals surface area contributed by atoms with Crippen molar-refractivity contribution in [3.05, 3.63) is 0 Å². The molecule has 2 unspecified atom stereocenters. The molecule has 0 amide bonds. The highest BCUT2D eigenvalue weighted by atomic mass is 32.2. The zero-order valence-electron chi connectivity index (χ0n) is 7.68. The summed E-state index contributed by atoms with van der Waals surface area (Å²) in [7, 11) is 0. The molecule has 2 aliphatic carbocycles. The summed E-state index contributed by atoms with van der Waals surface area (Å²) in [6.45, 7) is 2.27. The fourth-order valence-corrected chi connectivity index (χ4v) is 3.57. The van der Waals surface area contributed by atoms with Gasteiger partial charge in [-0.25, -0.2) is 0 Å². The SMILES string of the molecule is CCSC1CCC1C1CC#CC1. The van der Waals surface area contributed by atoms with E-state index in [4.69, 9.17) is 0 Å². The predicted octanol–water partition coefficient (Wildman–Crippen LogP) is 2.93. The van der Waals surface area contributed by atoms with Gasteiger partial charge in [-0.2, -0.15) is 11.8 Å². The Balaban J connectivity index is 1.80. The van der Waals surface area contributed by atoms with E-state index in [1.807, 2.05) is 0 Å². The summed E-state index contributed by atoms with van der Waals surface area (Å²) >= 11 is 2.16. The molecule has 0 N–H and O–H groups in total. The fourth-order valence-electron chi connectivity index (χ4n) is 2.24. The third-order valence-corrected chi connectivity index (χ3v) is 4.45. The maximum atomic E-state index is 3.22. The van der Waals surface area contributed by atoms with Gasteiger partial charge in [0.1, 0.15) is 0 Å². The van der Waals surface area contributed by atoms with Crippen LogP contribution >= 0.6 is 11.8 Å². The molecule has 2 rings (SSSR count). The lowest BCUT2D eigenvalue weighted by atomic mass is 9.74. The van der Waals surface area contributed by atoms with Gasteiger partial charge in [0.2, 0.25) is 0 Å². The Morgan fingerprint density at radius 1 is 1.25 bits per heavy atom. The van der Waals surface area contributed by atoms with Gasteiger partial charge in [0.05, 0.1) is 0 Å². The van der Waals surface area contributed by atoms with Crippen molar-refractivity contribution in [2.75, 3.05) is 5.75 Å². The molecule has 1 heteroatoms. The number of rotatable bonds is 3. The Morgan fingerprint density at radius 3 is 2.50 bits per heavy atom. The molecule has 2 aliphatic rings. The van der Waals surface area contributed by atoms with E-state index >= 15 is 0 Å². The van der Waals surface area contributed by atoms with Gasteiger partial charge in [-0.05, 0) is 30.4 Å². The van der Waals surface area contributed by atoms with E-state index in [1.54, 1.807) is 0 Å². The van der Waals surface area contributed by atoms with Gasteiger partial charge in [0, 0.05) is 18.1 Å². The molecule has 0 saturated heterocycles. The van der Waals surface area contributed by atoms with Gasteiger partial charge >= 0.3 is 0 Å². The van der Waals surface area contributed by atoms with E-state index in [9.17, 15) is 0 Å². The summed E-state index contributed by atoms with van der Waals surface area (Å²) in [5.74, 6) is 9.64. The van der Waals surface area contributed by atoms with Crippen LogP contribution in [0.3, 0.4) is 0 Å². The van der Waals surface area contributed by atoms with Gasteiger partial charge in [-0.3, -0.25) is 0 Å². The molecule has 0 aromatic carbocycles. The van der Waals surface area contributed by atoms with Gasteiger partial charge in [-0.1, -0.05) is 6.92 Å². The van der Waals surface area contributed by atoms with Crippen molar-refractivity contribution >= 4 is 11.8 Å². The van der Waals surface area contributed by atoms with Crippen molar-refractivity contribution < 1.29 is 0 Å². The van der Waals surface area contributed by atoms with Crippen LogP contribution in [-0.2, 0) is 0 Å². The van der Waals surface area contributed by atoms with Crippen LogP contribution < -0.4 is 0 Å². The molecular weight excluding hydrogens is 164 g/mol. The van der Waals surface area contributed by atoms with Crippen LogP contribution in [0.2, 0.25) is 0 Å². The molecule has 2 atom stereocenters. The third kappa shape index (κ3) is 1.50. The lowest BCUT2D eigenvalue weighted by Gasteiger charge is -2.39. The first-order chi connectivity index (χ1) is 5.92. The van der Waals surface area contributed by atoms with Crippen LogP contribution in [0.1, 0.15) is 32.6 Å². The van der Waals surface area contributed by atoms with Gasteiger partial charge in [0.15, 0.2) is 0 Å². The normalized spacial score (nSPS) is 34.1. The van der Waals surface area contributed by atoms with Gasteiger partial charge < -0.3 is 0 Å². The molecule has 0 aromatic heterocycles. The highest BCUT2D eigenvalue weighted by Crippen LogP contribution is 2.44. The van der Waals surface area contributed by atoms with Crippen molar-refractivity contribution in [1.82, 2.24) is 0 Å². The van der Waals surface area contributed by atoms with Crippen LogP contribution in [-0.4, -0.2) is 11.0 Å². The molecule has 1 fully saturated rings. The standard InChI is InChI=1S/C11H16S/c1-2-12-11-8-7-10(11)9-5-3-4-6-9/h9-11H,2,5-8H2,1H3. The topological polar surface area (TPSA) is 0 Å². The third-order valence-electron chi connectivity index (χ3n) is 3.10. The molecular formula is C11H16S. The maximum absolute atomic E-state index is 3.22. The monoisotopic (exact) mass is 180 g/mol. The van der Waals surface area contributed by atoms with Gasteiger partial charge in [-0.15, -0.1) is 11.8 Å². The molecule has 0 aliphatic heterocycles. The van der Waals surface area contributed by atoms with Crippen molar-refractivity contribution in [3.63, 3.8) is 0 Å². The minimum atomic E-state index is 0.905. The quantitative estimate of drug-likeness (QED) is 0.602. The molecule has 0 heterocycles. The highest BCUT2D eigenvalue weighted by Gasteiger charge is 2.36. The zero-order chi connectivity index (χ0) is 8.39. The highest BCUT2D eigenvalue weighted by molar-refractivity contribution is 7.99. The fraction of sp³-hybridized carbons (Fsp3) is 0.818. The smallest absolute Gasteiger partial charge is 0.0129 e. The summed E-state index contributed by atoms with van der Waals surface area (Å²) in [5, 5.41) is 0.974. The largest absolute Gasteiger partial charge is 0.159 e. The first-order valence-electron chi connectivity index (χ1n) is 4.99. The molecule has 0 nitrogen and oxygen atoms in total. The number of hydrogen-bond acceptors (Lipinski definition) is 1. The lowest BCUT2D eigenvalue weighted by molar-refractivity contribution is 0.228. The Hall–Kier alpha value is -0.0900. The lowest BCUT2D eigenvalue weighted by Crippen LogP contribution is -2.34. The number of hydrogen-bond donors (Lipinski definition) is 0. The van der Waals surface area contributed by atoms with E-state index in [0.717, 1.165) is 17.1 Å². The van der Waals surface area contributed by atoms with Gasteiger partial charge in [0.25, 0.3) is 0 Å². The second-order valence-electron chi connectivity index (χ2n) is 3.76. The van der Waals surface area contributed by atoms with E-state index < -0.39 is 0 Å². The molecule has 0 spiro atoms. The average molecular weight is 180 g/mol. The molecule has 0 aromatic rings. The van der Waals surface area contributed by atoms with Crippen molar-refractivity contribution in [2.24, 2.45) is 11.8 Å². The van der Waals surface area contributed by atoms with E-state index in [-0.39, 0.29) is 0 Å². The Bertz CT molecular complexity index is 201. The first-order valence-corrected chi connectivity index (χ1v) is 6.04. The Kier molecular flexibility index (Phi) is 2.66. The number of thioether (sulfide) groups is 1. The Labute approximate surface area is 79.5 Å². The summed E-state index contributed by atoms with van der Waals surface area (Å²) in [6.07, 6.45) is 5.29. The molecule has 1 saturated carbocycles. The van der Waals surface area contributed by atoms with Crippen molar-refractivity contribution in [2.45, 2.75) is 37.9 Å². The average Bonchev–Trinajstić information content (AvgIpc) is 2.51. The zero-order valence-corrected chi connectivity index (χ0v) is 8.49. The molecule has 66 valence electrons. The van der Waals surface area contributed by atoms with Crippen LogP contribution in [0.25, 0.3) is 0 Å². The summed E-state index contributed by atoms with van der Waals surface area (Å²) in [5.41, 5.74) is 0. The Morgan fingerprint density at radius 2 is 2.00 bits per heavy atom. The van der Waals surface area contributed by atoms with Crippen LogP contribution in [0.5, 0.6) is 0 Å². The predicted molar refractivity (Wildman–Crippen MR) is 55.1 cm³/mol. The second-order valence-corrected chi connectivity index (χ2v) is 5.27. The van der Waals surface area contributed by atoms with Crippen LogP contribution in [0.4, 0.5) is 0 Å². The second kappa shape index (κ2) is 3.75. The summed E-state index contributed by atoms with van der Waals surface area (Å²) in [4.78, 5) is 0. The molecule has 0 radical (unpaired) electrons. The van der Waals surface area contributed by atoms with Crippen LogP contribution in [0.15, 0.2) is 0 Å². The van der Waals surface area contributed by atoms with Crippen molar-refractivity contribution in [1.29, 1.82) is 0 Å². The minimum absolute atomic E-state index is 0.905. The minimum Gasteiger partial charge on any atom is -0.159 e. The van der Waals surface area contributed by atoms with Crippen LogP contribution in [0, 0.1) is 23.7 Å². The van der Waals surface area contributed by atoms with E-state index in [2.05, 4.69) is 30.5 Å². The molecule has 12 heavy (non-hydrogen) atoms. The summed E-state index contributed by atoms with van der Waals surface area (Å²) < 4.78 is 0. The van der Waals surface area contributed by atoms with E-state index in [0.29, 0.717) is 0 Å². The summed E-state index contributed by atoms with van der Waals surface area (Å²) in [6, 6.07) is 0. The van der Waals surface area contributed by atoms with Crippen molar-refractivity contribution in [3.8, 4) is 11.8 Å². The molecule has 0 bridgehead atoms. The van der Waals surface area contributed by atoms with E-state index in [1.165, 1.54) is 31.4 Å².